The second-order valence-electron chi connectivity index (χ2n) is 3.29. The number of allylic oxidation sites excluding steroid dienone is 1. The Morgan fingerprint density at radius 1 is 1.21 bits per heavy atom. The second-order valence-corrected chi connectivity index (χ2v) is 3.29. The molecule has 1 nitrogen and oxygen atoms in total. The maximum Gasteiger partial charge on any atom is 0.0402 e. The summed E-state index contributed by atoms with van der Waals surface area (Å²) in [5, 5.41) is 0. The number of para-hydroxylation sites is 1. The van der Waals surface area contributed by atoms with Gasteiger partial charge in [-0.15, -0.1) is 13.2 Å². The van der Waals surface area contributed by atoms with Gasteiger partial charge in [-0.3, -0.25) is 0 Å². The molecule has 0 fully saturated rings. The lowest BCUT2D eigenvalue weighted by Gasteiger charge is -2.20. The molecule has 1 heteroatoms. The lowest BCUT2D eigenvalue weighted by molar-refractivity contribution is 1.01. The second kappa shape index (κ2) is 5.28. The van der Waals surface area contributed by atoms with Gasteiger partial charge in [0.05, 0.1) is 0 Å². The number of rotatable bonds is 5. The van der Waals surface area contributed by atoms with Gasteiger partial charge in [0.1, 0.15) is 0 Å². The number of likely N-dealkylation sites (N-methyl/N-ethyl adjacent to an activating group) is 1. The highest BCUT2D eigenvalue weighted by Crippen LogP contribution is 2.19. The third-order valence-electron chi connectivity index (χ3n) is 2.17. The predicted molar refractivity (Wildman–Crippen MR) is 63.8 cm³/mol. The van der Waals surface area contributed by atoms with Gasteiger partial charge in [0.15, 0.2) is 0 Å². The molecule has 0 unspecified atom stereocenters. The van der Waals surface area contributed by atoms with Crippen LogP contribution in [-0.4, -0.2) is 13.6 Å². The molecule has 0 aliphatic heterocycles. The van der Waals surface area contributed by atoms with Crippen molar-refractivity contribution in [1.82, 2.24) is 0 Å². The minimum atomic E-state index is 0.869. The van der Waals surface area contributed by atoms with Gasteiger partial charge in [0.2, 0.25) is 0 Å². The van der Waals surface area contributed by atoms with E-state index in [4.69, 9.17) is 0 Å². The zero-order valence-electron chi connectivity index (χ0n) is 8.74. The van der Waals surface area contributed by atoms with Gasteiger partial charge in [-0.2, -0.15) is 0 Å². The van der Waals surface area contributed by atoms with Gasteiger partial charge in [-0.1, -0.05) is 30.4 Å². The van der Waals surface area contributed by atoms with Crippen LogP contribution in [0.25, 0.3) is 0 Å². The van der Waals surface area contributed by atoms with Crippen LogP contribution < -0.4 is 4.90 Å². The lowest BCUT2D eigenvalue weighted by atomic mass is 10.1. The van der Waals surface area contributed by atoms with Crippen molar-refractivity contribution in [1.29, 1.82) is 0 Å². The highest BCUT2D eigenvalue weighted by atomic mass is 15.1. The van der Waals surface area contributed by atoms with E-state index in [0.717, 1.165) is 13.0 Å². The van der Waals surface area contributed by atoms with E-state index in [1.54, 1.807) is 0 Å². The van der Waals surface area contributed by atoms with Crippen LogP contribution >= 0.6 is 0 Å². The smallest absolute Gasteiger partial charge is 0.0402 e. The molecule has 0 spiro atoms. The van der Waals surface area contributed by atoms with Gasteiger partial charge in [-0.05, 0) is 18.1 Å². The Labute approximate surface area is 86.4 Å². The summed E-state index contributed by atoms with van der Waals surface area (Å²) in [6.45, 7) is 8.37. The molecule has 0 atom stereocenters. The first-order valence-electron chi connectivity index (χ1n) is 4.80. The SMILES string of the molecule is C=CCc1ccccc1N(C)CC=C. The molecule has 0 aliphatic rings. The van der Waals surface area contributed by atoms with Gasteiger partial charge >= 0.3 is 0 Å². The third-order valence-corrected chi connectivity index (χ3v) is 2.17. The molecule has 1 aromatic rings. The quantitative estimate of drug-likeness (QED) is 0.640. The Hall–Kier alpha value is -1.50. The topological polar surface area (TPSA) is 3.24 Å². The first-order valence-corrected chi connectivity index (χ1v) is 4.80. The van der Waals surface area contributed by atoms with Crippen LogP contribution in [0.5, 0.6) is 0 Å². The molecule has 0 amide bonds. The van der Waals surface area contributed by atoms with E-state index < -0.39 is 0 Å². The average Bonchev–Trinajstić information content (AvgIpc) is 2.19. The number of anilines is 1. The molecule has 0 radical (unpaired) electrons. The molecule has 0 aliphatic carbocycles. The Morgan fingerprint density at radius 3 is 2.57 bits per heavy atom. The molecule has 1 aromatic carbocycles. The standard InChI is InChI=1S/C13H17N/c1-4-8-12-9-6-7-10-13(12)14(3)11-5-2/h4-7,9-10H,1-2,8,11H2,3H3. The normalized spacial score (nSPS) is 9.50. The monoisotopic (exact) mass is 187 g/mol. The summed E-state index contributed by atoms with van der Waals surface area (Å²) in [5.41, 5.74) is 2.57. The van der Waals surface area contributed by atoms with E-state index in [1.165, 1.54) is 11.3 Å². The van der Waals surface area contributed by atoms with E-state index in [9.17, 15) is 0 Å². The lowest BCUT2D eigenvalue weighted by Crippen LogP contribution is -2.17. The van der Waals surface area contributed by atoms with E-state index in [-0.39, 0.29) is 0 Å². The molecule has 14 heavy (non-hydrogen) atoms. The molecule has 0 N–H and O–H groups in total. The molecule has 0 aromatic heterocycles. The zero-order chi connectivity index (χ0) is 10.4. The summed E-state index contributed by atoms with van der Waals surface area (Å²) < 4.78 is 0. The Bertz CT molecular complexity index is 315. The summed E-state index contributed by atoms with van der Waals surface area (Å²) >= 11 is 0. The van der Waals surface area contributed by atoms with Crippen LogP contribution in [0.2, 0.25) is 0 Å². The van der Waals surface area contributed by atoms with Gasteiger partial charge in [0.25, 0.3) is 0 Å². The number of hydrogen-bond acceptors (Lipinski definition) is 1. The molecule has 1 rings (SSSR count). The zero-order valence-corrected chi connectivity index (χ0v) is 8.74. The van der Waals surface area contributed by atoms with Gasteiger partial charge in [-0.25, -0.2) is 0 Å². The van der Waals surface area contributed by atoms with Crippen LogP contribution in [0, 0.1) is 0 Å². The van der Waals surface area contributed by atoms with Crippen molar-refractivity contribution in [3.05, 3.63) is 55.1 Å². The summed E-state index contributed by atoms with van der Waals surface area (Å²) in [6, 6.07) is 8.38. The Balaban J connectivity index is 2.92. The van der Waals surface area contributed by atoms with Crippen molar-refractivity contribution in [3.8, 4) is 0 Å². The molecule has 0 saturated heterocycles. The van der Waals surface area contributed by atoms with Crippen molar-refractivity contribution in [2.45, 2.75) is 6.42 Å². The van der Waals surface area contributed by atoms with Crippen LogP contribution in [0.1, 0.15) is 5.56 Å². The van der Waals surface area contributed by atoms with Crippen molar-refractivity contribution < 1.29 is 0 Å². The van der Waals surface area contributed by atoms with Crippen molar-refractivity contribution >= 4 is 5.69 Å². The number of hydrogen-bond donors (Lipinski definition) is 0. The average molecular weight is 187 g/mol. The summed E-state index contributed by atoms with van der Waals surface area (Å²) in [7, 11) is 2.07. The van der Waals surface area contributed by atoms with Crippen LogP contribution in [0.15, 0.2) is 49.6 Å². The largest absolute Gasteiger partial charge is 0.371 e. The maximum atomic E-state index is 3.76. The fraction of sp³-hybridized carbons (Fsp3) is 0.231. The number of nitrogens with zero attached hydrogens (tertiary/aromatic N) is 1. The van der Waals surface area contributed by atoms with E-state index in [2.05, 4.69) is 49.4 Å². The first-order chi connectivity index (χ1) is 6.79. The predicted octanol–water partition coefficient (Wildman–Crippen LogP) is 3.04. The molecule has 0 bridgehead atoms. The molecule has 0 heterocycles. The van der Waals surface area contributed by atoms with Crippen LogP contribution in [0.3, 0.4) is 0 Å². The van der Waals surface area contributed by atoms with Crippen molar-refractivity contribution in [2.75, 3.05) is 18.5 Å². The first kappa shape index (κ1) is 10.6. The summed E-state index contributed by atoms with van der Waals surface area (Å²) in [4.78, 5) is 2.19. The third kappa shape index (κ3) is 2.49. The molecule has 74 valence electrons. The Kier molecular flexibility index (Phi) is 3.99. The van der Waals surface area contributed by atoms with Gasteiger partial charge < -0.3 is 4.90 Å². The molecular weight excluding hydrogens is 170 g/mol. The van der Waals surface area contributed by atoms with Crippen molar-refractivity contribution in [3.63, 3.8) is 0 Å². The van der Waals surface area contributed by atoms with Crippen LogP contribution in [0.4, 0.5) is 5.69 Å². The highest BCUT2D eigenvalue weighted by molar-refractivity contribution is 5.54. The van der Waals surface area contributed by atoms with Gasteiger partial charge in [0, 0.05) is 19.3 Å². The molecule has 0 saturated carbocycles. The fourth-order valence-electron chi connectivity index (χ4n) is 1.50. The molecular formula is C13H17N. The minimum absolute atomic E-state index is 0.869. The number of benzene rings is 1. The summed E-state index contributed by atoms with van der Waals surface area (Å²) in [6.07, 6.45) is 4.75. The van der Waals surface area contributed by atoms with Crippen LogP contribution in [-0.2, 0) is 6.42 Å². The van der Waals surface area contributed by atoms with E-state index >= 15 is 0 Å². The van der Waals surface area contributed by atoms with E-state index in [0.29, 0.717) is 0 Å². The maximum absolute atomic E-state index is 3.76. The minimum Gasteiger partial charge on any atom is -0.371 e. The van der Waals surface area contributed by atoms with E-state index in [1.807, 2.05) is 12.2 Å². The summed E-state index contributed by atoms with van der Waals surface area (Å²) in [5.74, 6) is 0. The van der Waals surface area contributed by atoms with Crippen molar-refractivity contribution in [2.24, 2.45) is 0 Å². The fourth-order valence-corrected chi connectivity index (χ4v) is 1.50. The highest BCUT2D eigenvalue weighted by Gasteiger charge is 2.03. The Morgan fingerprint density at radius 2 is 1.93 bits per heavy atom.